The van der Waals surface area contributed by atoms with Gasteiger partial charge >= 0.3 is 17.9 Å². The molecule has 0 fully saturated rings. The molecule has 0 radical (unpaired) electrons. The largest absolute Gasteiger partial charge is 0.468 e. The van der Waals surface area contributed by atoms with Crippen molar-refractivity contribution in [3.63, 3.8) is 0 Å². The van der Waals surface area contributed by atoms with E-state index in [1.54, 1.807) is 0 Å². The Bertz CT molecular complexity index is 378. The maximum absolute atomic E-state index is 11.5. The van der Waals surface area contributed by atoms with Crippen molar-refractivity contribution >= 4 is 17.9 Å². The predicted molar refractivity (Wildman–Crippen MR) is 99.6 cm³/mol. The van der Waals surface area contributed by atoms with Crippen molar-refractivity contribution in [1.82, 2.24) is 0 Å². The molecule has 26 heavy (non-hydrogen) atoms. The number of carbonyl (C=O) groups is 3. The van der Waals surface area contributed by atoms with Crippen LogP contribution >= 0.6 is 0 Å². The summed E-state index contributed by atoms with van der Waals surface area (Å²) in [4.78, 5) is 33.7. The van der Waals surface area contributed by atoms with E-state index < -0.39 is 17.9 Å². The van der Waals surface area contributed by atoms with Crippen LogP contribution in [-0.4, -0.2) is 38.7 Å². The molecule has 0 saturated heterocycles. The molecule has 0 aliphatic rings. The quantitative estimate of drug-likeness (QED) is 0.175. The molecule has 152 valence electrons. The minimum atomic E-state index is -0.786. The smallest absolute Gasteiger partial charge is 0.320 e. The number of hydrogen-bond donors (Lipinski definition) is 0. The number of methoxy groups -OCH3 is 2. The lowest BCUT2D eigenvalue weighted by molar-refractivity contribution is -0.159. The van der Waals surface area contributed by atoms with E-state index in [-0.39, 0.29) is 5.97 Å². The van der Waals surface area contributed by atoms with Gasteiger partial charge < -0.3 is 14.2 Å². The van der Waals surface area contributed by atoms with Gasteiger partial charge in [-0.1, -0.05) is 64.2 Å². The van der Waals surface area contributed by atoms with E-state index in [0.29, 0.717) is 13.0 Å². The Morgan fingerprint density at radius 3 is 1.42 bits per heavy atom. The standard InChI is InChI=1S/C20H36O6/c1-17(21)26-16-14-12-10-8-6-4-5-7-9-11-13-15-18(19(22)24-2)20(23)25-3/h18H,4-16H2,1-3H3. The highest BCUT2D eigenvalue weighted by Crippen LogP contribution is 2.16. The Morgan fingerprint density at radius 2 is 1.04 bits per heavy atom. The van der Waals surface area contributed by atoms with Crippen LogP contribution in [0.4, 0.5) is 0 Å². The predicted octanol–water partition coefficient (Wildman–Crippen LogP) is 4.19. The van der Waals surface area contributed by atoms with Crippen LogP contribution in [0.2, 0.25) is 0 Å². The zero-order valence-electron chi connectivity index (χ0n) is 16.7. The third-order valence-corrected chi connectivity index (χ3v) is 4.41. The molecule has 0 unspecified atom stereocenters. The summed E-state index contributed by atoms with van der Waals surface area (Å²) >= 11 is 0. The van der Waals surface area contributed by atoms with Gasteiger partial charge in [-0.2, -0.15) is 0 Å². The van der Waals surface area contributed by atoms with Crippen LogP contribution in [0.15, 0.2) is 0 Å². The van der Waals surface area contributed by atoms with Crippen molar-refractivity contribution in [3.05, 3.63) is 0 Å². The van der Waals surface area contributed by atoms with Crippen molar-refractivity contribution in [2.75, 3.05) is 20.8 Å². The number of hydrogen-bond acceptors (Lipinski definition) is 6. The van der Waals surface area contributed by atoms with Crippen LogP contribution < -0.4 is 0 Å². The molecule has 0 amide bonds. The lowest BCUT2D eigenvalue weighted by Crippen LogP contribution is -2.26. The van der Waals surface area contributed by atoms with Gasteiger partial charge in [0, 0.05) is 6.92 Å². The Morgan fingerprint density at radius 1 is 0.654 bits per heavy atom. The first-order valence-electron chi connectivity index (χ1n) is 9.82. The molecule has 0 saturated carbocycles. The lowest BCUT2D eigenvalue weighted by Gasteiger charge is -2.11. The molecular weight excluding hydrogens is 336 g/mol. The topological polar surface area (TPSA) is 78.9 Å². The van der Waals surface area contributed by atoms with Gasteiger partial charge in [-0.25, -0.2) is 0 Å². The summed E-state index contributed by atoms with van der Waals surface area (Å²) in [6.07, 6.45) is 12.9. The summed E-state index contributed by atoms with van der Waals surface area (Å²) in [5, 5.41) is 0. The van der Waals surface area contributed by atoms with Crippen LogP contribution in [0.25, 0.3) is 0 Å². The van der Waals surface area contributed by atoms with E-state index in [0.717, 1.165) is 32.1 Å². The van der Waals surface area contributed by atoms with Crippen LogP contribution in [-0.2, 0) is 28.6 Å². The number of ether oxygens (including phenoxy) is 3. The molecule has 6 nitrogen and oxygen atoms in total. The molecule has 0 aromatic carbocycles. The zero-order valence-corrected chi connectivity index (χ0v) is 16.7. The Hall–Kier alpha value is -1.59. The van der Waals surface area contributed by atoms with Gasteiger partial charge in [0.15, 0.2) is 5.92 Å². The van der Waals surface area contributed by atoms with Gasteiger partial charge in [-0.15, -0.1) is 0 Å². The highest BCUT2D eigenvalue weighted by atomic mass is 16.5. The zero-order chi connectivity index (χ0) is 19.6. The molecule has 0 atom stereocenters. The SMILES string of the molecule is COC(=O)C(CCCCCCCCCCCCCOC(C)=O)C(=O)OC. The fraction of sp³-hybridized carbons (Fsp3) is 0.850. The van der Waals surface area contributed by atoms with Crippen molar-refractivity contribution in [2.45, 2.75) is 84.0 Å². The first-order valence-corrected chi connectivity index (χ1v) is 9.82. The van der Waals surface area contributed by atoms with Gasteiger partial charge in [0.1, 0.15) is 0 Å². The summed E-state index contributed by atoms with van der Waals surface area (Å²) in [5.41, 5.74) is 0. The van der Waals surface area contributed by atoms with Crippen LogP contribution in [0, 0.1) is 5.92 Å². The average Bonchev–Trinajstić information content (AvgIpc) is 2.63. The fourth-order valence-electron chi connectivity index (χ4n) is 2.87. The molecule has 0 aliphatic carbocycles. The monoisotopic (exact) mass is 372 g/mol. The average molecular weight is 373 g/mol. The van der Waals surface area contributed by atoms with Gasteiger partial charge in [0.05, 0.1) is 20.8 Å². The second-order valence-corrected chi connectivity index (χ2v) is 6.62. The second kappa shape index (κ2) is 16.9. The maximum Gasteiger partial charge on any atom is 0.320 e. The molecule has 0 spiro atoms. The normalized spacial score (nSPS) is 10.6. The lowest BCUT2D eigenvalue weighted by atomic mass is 10.00. The first kappa shape index (κ1) is 24.4. The van der Waals surface area contributed by atoms with Crippen molar-refractivity contribution in [1.29, 1.82) is 0 Å². The van der Waals surface area contributed by atoms with E-state index in [2.05, 4.69) is 9.47 Å². The molecule has 0 rings (SSSR count). The second-order valence-electron chi connectivity index (χ2n) is 6.62. The van der Waals surface area contributed by atoms with Gasteiger partial charge in [-0.05, 0) is 12.8 Å². The molecule has 0 aromatic rings. The van der Waals surface area contributed by atoms with E-state index in [1.165, 1.54) is 59.7 Å². The molecule has 0 aliphatic heterocycles. The summed E-state index contributed by atoms with van der Waals surface area (Å²) in [6.45, 7) is 1.98. The molecule has 6 heteroatoms. The van der Waals surface area contributed by atoms with Crippen molar-refractivity contribution in [3.8, 4) is 0 Å². The highest BCUT2D eigenvalue weighted by Gasteiger charge is 2.27. The molecular formula is C20H36O6. The van der Waals surface area contributed by atoms with E-state index in [9.17, 15) is 14.4 Å². The number of esters is 3. The van der Waals surface area contributed by atoms with Gasteiger partial charge in [0.2, 0.25) is 0 Å². The first-order chi connectivity index (χ1) is 12.5. The van der Waals surface area contributed by atoms with Crippen molar-refractivity contribution in [2.24, 2.45) is 5.92 Å². The summed E-state index contributed by atoms with van der Waals surface area (Å²) in [7, 11) is 2.58. The molecule has 0 N–H and O–H groups in total. The van der Waals surface area contributed by atoms with E-state index in [1.807, 2.05) is 0 Å². The van der Waals surface area contributed by atoms with Crippen molar-refractivity contribution < 1.29 is 28.6 Å². The Labute approximate surface area is 157 Å². The summed E-state index contributed by atoms with van der Waals surface area (Å²) < 4.78 is 14.2. The van der Waals surface area contributed by atoms with Gasteiger partial charge in [0.25, 0.3) is 0 Å². The minimum absolute atomic E-state index is 0.198. The van der Waals surface area contributed by atoms with E-state index >= 15 is 0 Å². The van der Waals surface area contributed by atoms with Gasteiger partial charge in [-0.3, -0.25) is 14.4 Å². The maximum atomic E-state index is 11.5. The number of rotatable bonds is 16. The minimum Gasteiger partial charge on any atom is -0.468 e. The Balaban J connectivity index is 3.43. The van der Waals surface area contributed by atoms with Crippen LogP contribution in [0.1, 0.15) is 84.0 Å². The molecule has 0 heterocycles. The molecule has 0 bridgehead atoms. The number of unbranched alkanes of at least 4 members (excludes halogenated alkanes) is 10. The molecule has 0 aromatic heterocycles. The van der Waals surface area contributed by atoms with Crippen LogP contribution in [0.5, 0.6) is 0 Å². The Kier molecular flexibility index (Phi) is 15.8. The third kappa shape index (κ3) is 13.7. The van der Waals surface area contributed by atoms with Crippen LogP contribution in [0.3, 0.4) is 0 Å². The fourth-order valence-corrected chi connectivity index (χ4v) is 2.87. The number of carbonyl (C=O) groups excluding carboxylic acids is 3. The summed E-state index contributed by atoms with van der Waals surface area (Å²) in [5.74, 6) is -2.00. The summed E-state index contributed by atoms with van der Waals surface area (Å²) in [6, 6.07) is 0. The highest BCUT2D eigenvalue weighted by molar-refractivity contribution is 5.94. The van der Waals surface area contributed by atoms with E-state index in [4.69, 9.17) is 4.74 Å². The third-order valence-electron chi connectivity index (χ3n) is 4.41.